The van der Waals surface area contributed by atoms with Crippen molar-refractivity contribution in [3.8, 4) is 5.75 Å². The number of anilines is 1. The molecule has 0 radical (unpaired) electrons. The van der Waals surface area contributed by atoms with E-state index in [0.29, 0.717) is 48.7 Å². The van der Waals surface area contributed by atoms with Gasteiger partial charge in [-0.3, -0.25) is 9.59 Å². The number of benzene rings is 1. The Hall–Kier alpha value is -2.13. The van der Waals surface area contributed by atoms with E-state index in [4.69, 9.17) is 4.74 Å². The fraction of sp³-hybridized carbons (Fsp3) is 0.652. The lowest BCUT2D eigenvalue weighted by atomic mass is 9.94. The van der Waals surface area contributed by atoms with Crippen molar-refractivity contribution in [1.29, 1.82) is 0 Å². The van der Waals surface area contributed by atoms with E-state index >= 15 is 0 Å². The van der Waals surface area contributed by atoms with Gasteiger partial charge in [-0.2, -0.15) is 4.31 Å². The Morgan fingerprint density at radius 1 is 1.19 bits per heavy atom. The highest BCUT2D eigenvalue weighted by molar-refractivity contribution is 7.89. The van der Waals surface area contributed by atoms with Gasteiger partial charge in [-0.15, -0.1) is 0 Å². The summed E-state index contributed by atoms with van der Waals surface area (Å²) in [4.78, 5) is 27.2. The van der Waals surface area contributed by atoms with Crippen LogP contribution in [0.1, 0.15) is 51.5 Å². The van der Waals surface area contributed by atoms with Gasteiger partial charge in [-0.05, 0) is 56.6 Å². The van der Waals surface area contributed by atoms with Crippen molar-refractivity contribution in [1.82, 2.24) is 9.21 Å². The Balaban J connectivity index is 1.54. The second kappa shape index (κ2) is 9.02. The zero-order chi connectivity index (χ0) is 23.0. The summed E-state index contributed by atoms with van der Waals surface area (Å²) < 4.78 is 34.3. The molecule has 2 unspecified atom stereocenters. The van der Waals surface area contributed by atoms with Crippen molar-refractivity contribution in [2.45, 2.75) is 63.9 Å². The number of piperidine rings is 2. The molecule has 0 aliphatic carbocycles. The zero-order valence-electron chi connectivity index (χ0n) is 19.1. The first-order valence-electron chi connectivity index (χ1n) is 11.6. The van der Waals surface area contributed by atoms with E-state index in [0.717, 1.165) is 25.9 Å². The van der Waals surface area contributed by atoms with E-state index in [1.807, 2.05) is 11.8 Å². The van der Waals surface area contributed by atoms with Crippen LogP contribution in [0.25, 0.3) is 0 Å². The highest BCUT2D eigenvalue weighted by atomic mass is 32.2. The molecule has 2 amide bonds. The summed E-state index contributed by atoms with van der Waals surface area (Å²) >= 11 is 0. The van der Waals surface area contributed by atoms with Crippen molar-refractivity contribution in [2.75, 3.05) is 31.5 Å². The number of amides is 2. The Morgan fingerprint density at radius 2 is 1.91 bits per heavy atom. The van der Waals surface area contributed by atoms with Gasteiger partial charge in [0, 0.05) is 32.2 Å². The minimum absolute atomic E-state index is 0.0794. The molecular formula is C23H33N3O5S. The summed E-state index contributed by atoms with van der Waals surface area (Å²) in [5.74, 6) is 0.557. The normalized spacial score (nSPS) is 25.1. The van der Waals surface area contributed by atoms with Gasteiger partial charge >= 0.3 is 0 Å². The second-order valence-corrected chi connectivity index (χ2v) is 11.2. The van der Waals surface area contributed by atoms with Crippen LogP contribution in [0.3, 0.4) is 0 Å². The Labute approximate surface area is 190 Å². The smallest absolute Gasteiger partial charge is 0.265 e. The molecule has 1 aromatic carbocycles. The molecule has 0 saturated carbocycles. The summed E-state index contributed by atoms with van der Waals surface area (Å²) in [6, 6.07) is 3.16. The van der Waals surface area contributed by atoms with Crippen molar-refractivity contribution >= 4 is 27.5 Å². The van der Waals surface area contributed by atoms with Crippen LogP contribution in [0.4, 0.5) is 5.69 Å². The van der Waals surface area contributed by atoms with Crippen LogP contribution in [0, 0.1) is 18.8 Å². The number of hydrogen-bond acceptors (Lipinski definition) is 5. The number of carbonyl (C=O) groups is 2. The number of sulfonamides is 1. The zero-order valence-corrected chi connectivity index (χ0v) is 19.9. The van der Waals surface area contributed by atoms with E-state index in [-0.39, 0.29) is 29.2 Å². The van der Waals surface area contributed by atoms with Crippen LogP contribution in [0.5, 0.6) is 5.75 Å². The fourth-order valence-corrected chi connectivity index (χ4v) is 6.57. The van der Waals surface area contributed by atoms with Crippen LogP contribution in [0.15, 0.2) is 17.0 Å². The van der Waals surface area contributed by atoms with Crippen LogP contribution in [-0.2, 0) is 19.6 Å². The van der Waals surface area contributed by atoms with Crippen LogP contribution in [0.2, 0.25) is 0 Å². The number of rotatable bonds is 4. The summed E-state index contributed by atoms with van der Waals surface area (Å²) in [7, 11) is -3.80. The van der Waals surface area contributed by atoms with Gasteiger partial charge in [0.2, 0.25) is 15.9 Å². The van der Waals surface area contributed by atoms with Crippen LogP contribution >= 0.6 is 0 Å². The molecule has 0 spiro atoms. The highest BCUT2D eigenvalue weighted by Crippen LogP contribution is 2.37. The SMILES string of the molecule is CCC1Oc2cc(S(=O)(=O)N3CCCC(C(=O)N4CCC(C)CC4)C3)c(C)cc2NC1=O. The average Bonchev–Trinajstić information content (AvgIpc) is 2.78. The molecule has 8 nitrogen and oxygen atoms in total. The average molecular weight is 464 g/mol. The maximum absolute atomic E-state index is 13.6. The molecule has 4 rings (SSSR count). The third-order valence-electron chi connectivity index (χ3n) is 6.91. The molecular weight excluding hydrogens is 430 g/mol. The molecule has 1 aromatic rings. The quantitative estimate of drug-likeness (QED) is 0.741. The first-order valence-corrected chi connectivity index (χ1v) is 13.1. The predicted molar refractivity (Wildman–Crippen MR) is 121 cm³/mol. The molecule has 3 aliphatic heterocycles. The number of aryl methyl sites for hydroxylation is 1. The second-order valence-electron chi connectivity index (χ2n) is 9.33. The maximum Gasteiger partial charge on any atom is 0.265 e. The minimum atomic E-state index is -3.80. The topological polar surface area (TPSA) is 96.0 Å². The molecule has 2 saturated heterocycles. The number of ether oxygens (including phenoxy) is 1. The number of nitrogens with zero attached hydrogens (tertiary/aromatic N) is 2. The molecule has 32 heavy (non-hydrogen) atoms. The van der Waals surface area contributed by atoms with Gasteiger partial charge in [-0.1, -0.05) is 13.8 Å². The largest absolute Gasteiger partial charge is 0.478 e. The van der Waals surface area contributed by atoms with E-state index in [1.54, 1.807) is 13.0 Å². The van der Waals surface area contributed by atoms with Crippen LogP contribution < -0.4 is 10.1 Å². The lowest BCUT2D eigenvalue weighted by molar-refractivity contribution is -0.138. The number of hydrogen-bond donors (Lipinski definition) is 1. The summed E-state index contributed by atoms with van der Waals surface area (Å²) in [6.07, 6.45) is 3.24. The van der Waals surface area contributed by atoms with Crippen molar-refractivity contribution in [2.24, 2.45) is 11.8 Å². The summed E-state index contributed by atoms with van der Waals surface area (Å²) in [6.45, 7) is 7.88. The summed E-state index contributed by atoms with van der Waals surface area (Å²) in [5.41, 5.74) is 1.03. The molecule has 2 fully saturated rings. The van der Waals surface area contributed by atoms with Gasteiger partial charge in [0.05, 0.1) is 16.5 Å². The van der Waals surface area contributed by atoms with Gasteiger partial charge in [0.25, 0.3) is 5.91 Å². The Bertz CT molecular complexity index is 1000. The molecule has 0 bridgehead atoms. The molecule has 176 valence electrons. The van der Waals surface area contributed by atoms with E-state index < -0.39 is 16.1 Å². The molecule has 3 heterocycles. The number of carbonyl (C=O) groups excluding carboxylic acids is 2. The Morgan fingerprint density at radius 3 is 2.59 bits per heavy atom. The first-order chi connectivity index (χ1) is 15.2. The standard InChI is InChI=1S/C23H33N3O5S/c1-4-19-22(27)24-18-12-16(3)21(13-20(18)31-19)32(29,30)26-9-5-6-17(14-26)23(28)25-10-7-15(2)8-11-25/h12-13,15,17,19H,4-11,14H2,1-3H3,(H,24,27). The third-order valence-corrected chi connectivity index (χ3v) is 8.92. The van der Waals surface area contributed by atoms with Gasteiger partial charge < -0.3 is 15.0 Å². The number of likely N-dealkylation sites (tertiary alicyclic amines) is 1. The molecule has 2 atom stereocenters. The van der Waals surface area contributed by atoms with Crippen molar-refractivity contribution < 1.29 is 22.7 Å². The van der Waals surface area contributed by atoms with E-state index in [9.17, 15) is 18.0 Å². The number of nitrogens with one attached hydrogen (secondary N) is 1. The van der Waals surface area contributed by atoms with Gasteiger partial charge in [-0.25, -0.2) is 8.42 Å². The van der Waals surface area contributed by atoms with Crippen molar-refractivity contribution in [3.63, 3.8) is 0 Å². The minimum Gasteiger partial charge on any atom is -0.478 e. The summed E-state index contributed by atoms with van der Waals surface area (Å²) in [5, 5.41) is 2.80. The maximum atomic E-state index is 13.6. The monoisotopic (exact) mass is 463 g/mol. The predicted octanol–water partition coefficient (Wildman–Crippen LogP) is 2.76. The number of fused-ring (bicyclic) bond motifs is 1. The first kappa shape index (κ1) is 23.0. The van der Waals surface area contributed by atoms with E-state index in [2.05, 4.69) is 12.2 Å². The molecule has 3 aliphatic rings. The lowest BCUT2D eigenvalue weighted by Gasteiger charge is -2.37. The third kappa shape index (κ3) is 4.37. The van der Waals surface area contributed by atoms with Crippen molar-refractivity contribution in [3.05, 3.63) is 17.7 Å². The lowest BCUT2D eigenvalue weighted by Crippen LogP contribution is -2.48. The fourth-order valence-electron chi connectivity index (χ4n) is 4.82. The molecule has 0 aromatic heterocycles. The highest BCUT2D eigenvalue weighted by Gasteiger charge is 2.37. The van der Waals surface area contributed by atoms with E-state index in [1.165, 1.54) is 10.4 Å². The van der Waals surface area contributed by atoms with Crippen LogP contribution in [-0.4, -0.2) is 61.7 Å². The Kier molecular flexibility index (Phi) is 6.49. The van der Waals surface area contributed by atoms with Gasteiger partial charge in [0.15, 0.2) is 6.10 Å². The molecule has 9 heteroatoms. The van der Waals surface area contributed by atoms with Gasteiger partial charge in [0.1, 0.15) is 5.75 Å². The molecule has 1 N–H and O–H groups in total.